The first-order chi connectivity index (χ1) is 8.86. The van der Waals surface area contributed by atoms with E-state index in [1.807, 2.05) is 0 Å². The van der Waals surface area contributed by atoms with E-state index >= 15 is 0 Å². The van der Waals surface area contributed by atoms with Crippen LogP contribution in [-0.2, 0) is 4.79 Å². The van der Waals surface area contributed by atoms with Gasteiger partial charge in [-0.1, -0.05) is 6.92 Å². The fourth-order valence-corrected chi connectivity index (χ4v) is 1.62. The molecule has 104 valence electrons. The molecule has 1 aromatic rings. The molecule has 0 fully saturated rings. The zero-order valence-electron chi connectivity index (χ0n) is 10.8. The summed E-state index contributed by atoms with van der Waals surface area (Å²) in [5.41, 5.74) is -0.0409. The van der Waals surface area contributed by atoms with Crippen LogP contribution < -0.4 is 0 Å². The molecule has 1 aromatic carbocycles. The third kappa shape index (κ3) is 3.67. The Bertz CT molecular complexity index is 490. The lowest BCUT2D eigenvalue weighted by atomic mass is 10.1. The van der Waals surface area contributed by atoms with Crippen molar-refractivity contribution in [1.82, 2.24) is 4.90 Å². The van der Waals surface area contributed by atoms with Crippen LogP contribution in [0.15, 0.2) is 18.2 Å². The van der Waals surface area contributed by atoms with Crippen molar-refractivity contribution in [3.05, 3.63) is 29.6 Å². The Labute approximate surface area is 110 Å². The molecule has 0 saturated carbocycles. The molecule has 0 radical (unpaired) electrons. The molecular formula is C13H16FNO4. The number of carbonyl (C=O) groups is 2. The second-order valence-electron chi connectivity index (χ2n) is 4.24. The van der Waals surface area contributed by atoms with Crippen LogP contribution in [0.1, 0.15) is 24.2 Å². The number of carboxylic acid groups (broad SMARTS) is 1. The van der Waals surface area contributed by atoms with E-state index in [2.05, 4.69) is 0 Å². The number of hydrogen-bond donors (Lipinski definition) is 2. The molecule has 1 atom stereocenters. The smallest absolute Gasteiger partial charge is 0.308 e. The van der Waals surface area contributed by atoms with Gasteiger partial charge in [0.15, 0.2) is 0 Å². The van der Waals surface area contributed by atoms with Gasteiger partial charge in [-0.05, 0) is 19.1 Å². The highest BCUT2D eigenvalue weighted by Crippen LogP contribution is 2.20. The molecule has 0 aliphatic carbocycles. The van der Waals surface area contributed by atoms with Gasteiger partial charge < -0.3 is 15.1 Å². The summed E-state index contributed by atoms with van der Waals surface area (Å²) in [5, 5.41) is 18.4. The predicted molar refractivity (Wildman–Crippen MR) is 66.4 cm³/mol. The van der Waals surface area contributed by atoms with Crippen molar-refractivity contribution in [2.24, 2.45) is 5.92 Å². The molecule has 0 aliphatic rings. The number of rotatable bonds is 5. The summed E-state index contributed by atoms with van der Waals surface area (Å²) in [6.45, 7) is 3.52. The molecule has 19 heavy (non-hydrogen) atoms. The van der Waals surface area contributed by atoms with Crippen molar-refractivity contribution in [2.75, 3.05) is 13.1 Å². The molecule has 6 heteroatoms. The average molecular weight is 269 g/mol. The van der Waals surface area contributed by atoms with Crippen LogP contribution in [0.5, 0.6) is 5.75 Å². The Kier molecular flexibility index (Phi) is 4.86. The van der Waals surface area contributed by atoms with E-state index in [1.54, 1.807) is 6.92 Å². The number of phenolic OH excluding ortho intramolecular Hbond substituents is 1. The molecule has 0 saturated heterocycles. The number of carboxylic acids is 1. The largest absolute Gasteiger partial charge is 0.507 e. The van der Waals surface area contributed by atoms with E-state index in [-0.39, 0.29) is 12.1 Å². The molecule has 0 spiro atoms. The molecule has 0 aliphatic heterocycles. The number of halogens is 1. The molecule has 1 amide bonds. The van der Waals surface area contributed by atoms with E-state index in [1.165, 1.54) is 17.9 Å². The molecular weight excluding hydrogens is 253 g/mol. The van der Waals surface area contributed by atoms with Crippen LogP contribution in [0.3, 0.4) is 0 Å². The molecule has 5 nitrogen and oxygen atoms in total. The predicted octanol–water partition coefficient (Wildman–Crippen LogP) is 1.71. The lowest BCUT2D eigenvalue weighted by Crippen LogP contribution is -2.36. The highest BCUT2D eigenvalue weighted by molar-refractivity contribution is 5.97. The molecule has 0 bridgehead atoms. The first-order valence-corrected chi connectivity index (χ1v) is 5.87. The van der Waals surface area contributed by atoms with E-state index in [0.29, 0.717) is 6.54 Å². The molecule has 2 N–H and O–H groups in total. The standard InChI is InChI=1S/C13H16FNO4/c1-3-15(7-8(2)13(18)19)12(17)10-5-4-9(14)6-11(10)16/h4-6,8,16H,3,7H2,1-2H3,(H,18,19). The monoisotopic (exact) mass is 269 g/mol. The first-order valence-electron chi connectivity index (χ1n) is 5.87. The molecule has 0 heterocycles. The third-order valence-corrected chi connectivity index (χ3v) is 2.77. The summed E-state index contributed by atoms with van der Waals surface area (Å²) in [4.78, 5) is 24.2. The van der Waals surface area contributed by atoms with Crippen molar-refractivity contribution < 1.29 is 24.2 Å². The maximum Gasteiger partial charge on any atom is 0.308 e. The van der Waals surface area contributed by atoms with E-state index in [4.69, 9.17) is 5.11 Å². The number of aliphatic carboxylic acids is 1. The topological polar surface area (TPSA) is 77.8 Å². The number of carbonyl (C=O) groups excluding carboxylic acids is 1. The van der Waals surface area contributed by atoms with Crippen LogP contribution >= 0.6 is 0 Å². The van der Waals surface area contributed by atoms with Crippen LogP contribution in [-0.4, -0.2) is 40.1 Å². The fraction of sp³-hybridized carbons (Fsp3) is 0.385. The quantitative estimate of drug-likeness (QED) is 0.853. The first kappa shape index (κ1) is 14.9. The normalized spacial score (nSPS) is 11.9. The number of amides is 1. The summed E-state index contributed by atoms with van der Waals surface area (Å²) < 4.78 is 12.8. The van der Waals surface area contributed by atoms with Crippen molar-refractivity contribution in [3.8, 4) is 5.75 Å². The van der Waals surface area contributed by atoms with Gasteiger partial charge in [-0.3, -0.25) is 9.59 Å². The van der Waals surface area contributed by atoms with Crippen molar-refractivity contribution in [3.63, 3.8) is 0 Å². The summed E-state index contributed by atoms with van der Waals surface area (Å²) >= 11 is 0. The minimum atomic E-state index is -1.01. The van der Waals surface area contributed by atoms with Gasteiger partial charge in [-0.2, -0.15) is 0 Å². The Morgan fingerprint density at radius 1 is 1.42 bits per heavy atom. The highest BCUT2D eigenvalue weighted by atomic mass is 19.1. The van der Waals surface area contributed by atoms with E-state index in [9.17, 15) is 19.1 Å². The maximum atomic E-state index is 12.8. The number of benzene rings is 1. The Morgan fingerprint density at radius 3 is 2.53 bits per heavy atom. The second kappa shape index (κ2) is 6.17. The van der Waals surface area contributed by atoms with Crippen molar-refractivity contribution in [2.45, 2.75) is 13.8 Å². The van der Waals surface area contributed by atoms with Gasteiger partial charge in [0.05, 0.1) is 11.5 Å². The van der Waals surface area contributed by atoms with Gasteiger partial charge in [0.25, 0.3) is 5.91 Å². The summed E-state index contributed by atoms with van der Waals surface area (Å²) in [5.74, 6) is -3.34. The Morgan fingerprint density at radius 2 is 2.05 bits per heavy atom. The number of aromatic hydroxyl groups is 1. The van der Waals surface area contributed by atoms with Crippen LogP contribution in [0, 0.1) is 11.7 Å². The summed E-state index contributed by atoms with van der Waals surface area (Å²) in [7, 11) is 0. The van der Waals surface area contributed by atoms with Crippen LogP contribution in [0.4, 0.5) is 4.39 Å². The van der Waals surface area contributed by atoms with Gasteiger partial charge in [-0.15, -0.1) is 0 Å². The third-order valence-electron chi connectivity index (χ3n) is 2.77. The number of nitrogens with zero attached hydrogens (tertiary/aromatic N) is 1. The zero-order chi connectivity index (χ0) is 14.6. The lowest BCUT2D eigenvalue weighted by Gasteiger charge is -2.23. The van der Waals surface area contributed by atoms with Crippen LogP contribution in [0.2, 0.25) is 0 Å². The maximum absolute atomic E-state index is 12.8. The summed E-state index contributed by atoms with van der Waals surface area (Å²) in [6.07, 6.45) is 0. The van der Waals surface area contributed by atoms with Gasteiger partial charge in [-0.25, -0.2) is 4.39 Å². The Balaban J connectivity index is 2.92. The fourth-order valence-electron chi connectivity index (χ4n) is 1.62. The van der Waals surface area contributed by atoms with Crippen molar-refractivity contribution >= 4 is 11.9 Å². The molecule has 1 unspecified atom stereocenters. The highest BCUT2D eigenvalue weighted by Gasteiger charge is 2.22. The Hall–Kier alpha value is -2.11. The average Bonchev–Trinajstić information content (AvgIpc) is 2.34. The van der Waals surface area contributed by atoms with Gasteiger partial charge in [0, 0.05) is 19.2 Å². The minimum absolute atomic E-state index is 0.0292. The van der Waals surface area contributed by atoms with Crippen LogP contribution in [0.25, 0.3) is 0 Å². The lowest BCUT2D eigenvalue weighted by molar-refractivity contribution is -0.141. The van der Waals surface area contributed by atoms with E-state index in [0.717, 1.165) is 12.1 Å². The molecule has 1 rings (SSSR count). The van der Waals surface area contributed by atoms with Crippen molar-refractivity contribution in [1.29, 1.82) is 0 Å². The minimum Gasteiger partial charge on any atom is -0.507 e. The second-order valence-corrected chi connectivity index (χ2v) is 4.24. The molecule has 0 aromatic heterocycles. The summed E-state index contributed by atoms with van der Waals surface area (Å²) in [6, 6.07) is 3.10. The SMILES string of the molecule is CCN(CC(C)C(=O)O)C(=O)c1ccc(F)cc1O. The van der Waals surface area contributed by atoms with Gasteiger partial charge in [0.2, 0.25) is 0 Å². The number of phenols is 1. The van der Waals surface area contributed by atoms with Gasteiger partial charge in [0.1, 0.15) is 11.6 Å². The van der Waals surface area contributed by atoms with E-state index < -0.39 is 29.4 Å². The zero-order valence-corrected chi connectivity index (χ0v) is 10.8. The van der Waals surface area contributed by atoms with Gasteiger partial charge >= 0.3 is 5.97 Å². The number of hydrogen-bond acceptors (Lipinski definition) is 3.